The fourth-order valence-electron chi connectivity index (χ4n) is 8.00. The number of para-hydroxylation sites is 3. The number of rotatable bonds is 19. The molecule has 0 saturated heterocycles. The minimum atomic E-state index is -4.84. The van der Waals surface area contributed by atoms with Crippen LogP contribution in [0.4, 0.5) is 24.5 Å². The molecule has 0 aliphatic carbocycles. The van der Waals surface area contributed by atoms with Gasteiger partial charge in [-0.3, -0.25) is 28.3 Å². The van der Waals surface area contributed by atoms with Crippen LogP contribution in [0, 0.1) is 6.92 Å². The molecule has 4 N–H and O–H groups in total. The molecule has 2 heterocycles. The van der Waals surface area contributed by atoms with Gasteiger partial charge in [-0.15, -0.1) is 11.6 Å². The Kier molecular flexibility index (Phi) is 27.7. The van der Waals surface area contributed by atoms with Crippen molar-refractivity contribution < 1.29 is 70.6 Å². The van der Waals surface area contributed by atoms with Crippen LogP contribution in [0.2, 0.25) is 0 Å². The molecule has 0 radical (unpaired) electrons. The van der Waals surface area contributed by atoms with Crippen LogP contribution >= 0.6 is 42.2 Å². The summed E-state index contributed by atoms with van der Waals surface area (Å²) >= 11 is 17.0. The first-order valence-corrected chi connectivity index (χ1v) is 29.2. The van der Waals surface area contributed by atoms with Crippen molar-refractivity contribution >= 4 is 77.3 Å². The van der Waals surface area contributed by atoms with Gasteiger partial charge < -0.3 is 49.2 Å². The van der Waals surface area contributed by atoms with Gasteiger partial charge >= 0.3 is 23.8 Å². The van der Waals surface area contributed by atoms with Crippen LogP contribution < -0.4 is 41.0 Å². The summed E-state index contributed by atoms with van der Waals surface area (Å²) in [6.45, 7) is 13.7. The molecule has 0 saturated carbocycles. The molecule has 4 aromatic carbocycles. The number of carbonyl (C=O) groups excluding carboxylic acids is 3. The van der Waals surface area contributed by atoms with E-state index in [0.717, 1.165) is 48.0 Å². The van der Waals surface area contributed by atoms with E-state index >= 15 is 0 Å². The summed E-state index contributed by atoms with van der Waals surface area (Å²) in [5.74, 6) is -0.566. The van der Waals surface area contributed by atoms with Crippen molar-refractivity contribution in [2.45, 2.75) is 103 Å². The lowest BCUT2D eigenvalue weighted by molar-refractivity contribution is -0.148. The van der Waals surface area contributed by atoms with Gasteiger partial charge in [0, 0.05) is 38.6 Å². The largest absolute Gasteiger partial charge is 0.489 e. The number of halogens is 6. The van der Waals surface area contributed by atoms with Gasteiger partial charge in [-0.1, -0.05) is 79.5 Å². The van der Waals surface area contributed by atoms with Crippen LogP contribution in [0.25, 0.3) is 5.69 Å². The topological polar surface area (TPSA) is 248 Å². The Morgan fingerprint density at radius 2 is 1.59 bits per heavy atom. The molecule has 1 aliphatic heterocycles. The zero-order chi connectivity index (χ0) is 61.8. The Balaban J connectivity index is 0.000000320. The molecule has 5 aromatic rings. The third-order valence-corrected chi connectivity index (χ3v) is 14.0. The number of nitrogens with zero attached hydrogens (tertiary/aromatic N) is 4. The number of carboxylic acid groups (broad SMARTS) is 1. The smallest absolute Gasteiger partial charge is 0.431 e. The summed E-state index contributed by atoms with van der Waals surface area (Å²) in [5, 5.41) is 8.28. The first-order chi connectivity index (χ1) is 38.5. The van der Waals surface area contributed by atoms with Crippen molar-refractivity contribution in [2.24, 2.45) is 12.8 Å². The van der Waals surface area contributed by atoms with Crippen molar-refractivity contribution in [2.75, 3.05) is 55.9 Å². The van der Waals surface area contributed by atoms with E-state index < -0.39 is 59.4 Å². The van der Waals surface area contributed by atoms with Crippen LogP contribution in [-0.2, 0) is 65.9 Å². The minimum absolute atomic E-state index is 0.0223. The number of methoxy groups -OCH3 is 2. The Hall–Kier alpha value is -6.39. The van der Waals surface area contributed by atoms with Gasteiger partial charge in [0.25, 0.3) is 11.5 Å². The second-order valence-electron chi connectivity index (χ2n) is 18.7. The molecule has 1 aliphatic rings. The van der Waals surface area contributed by atoms with E-state index in [0.29, 0.717) is 51.2 Å². The molecule has 82 heavy (non-hydrogen) atoms. The van der Waals surface area contributed by atoms with E-state index in [1.165, 1.54) is 38.0 Å². The number of carboxylic acids is 1. The second-order valence-corrected chi connectivity index (χ2v) is 22.6. The van der Waals surface area contributed by atoms with Crippen LogP contribution in [0.5, 0.6) is 17.2 Å². The molecular weight excluding hydrogens is 1160 g/mol. The number of esters is 1. The van der Waals surface area contributed by atoms with E-state index in [9.17, 15) is 46.5 Å². The van der Waals surface area contributed by atoms with Crippen LogP contribution in [-0.4, -0.2) is 118 Å². The molecule has 450 valence electrons. The monoisotopic (exact) mass is 1230 g/mol. The number of fused-ring (bicyclic) bond motifs is 1. The first kappa shape index (κ1) is 69.9. The van der Waals surface area contributed by atoms with Crippen molar-refractivity contribution in [1.29, 1.82) is 0 Å². The average molecular weight is 1230 g/mol. The van der Waals surface area contributed by atoms with Gasteiger partial charge in [0.2, 0.25) is 5.91 Å². The standard InChI is InChI=1S/C25H25F3N2O6.C15H22ClNO2.C11H11Cl2NO2.C5H12NO4P/c1-5-16-6-7-17(20(12-16)36-15(2)23(32)34-4)14-35-19-10-8-18(9-11-19)30-22(31)13-21(25(26,27)28)29(3)24(30)33;1-5-13-8-6-7-11(2)15(13)17(14(18)9-16)12(3)10-19-4;1-7-6-16-9-5-3-2-4-8(9)14(7)11(15)10(12)13;1-11(9,10)3-2-4(6)5(7)8/h6-13,15H,5,14H2,1-4H3;6-8,12H,5,9-10H2,1-4H3;2-5,7,10H,6H2,1H3;4H,2-3,6H2,1H3,(H,7,8)(H,9,10). The normalized spacial score (nSPS) is 14.5. The lowest BCUT2D eigenvalue weighted by atomic mass is 10.0. The third kappa shape index (κ3) is 20.2. The van der Waals surface area contributed by atoms with Gasteiger partial charge in [0.15, 0.2) is 18.3 Å². The molecule has 2 amide bonds. The number of aryl methyl sites for hydroxylation is 3. The highest BCUT2D eigenvalue weighted by Gasteiger charge is 2.35. The lowest BCUT2D eigenvalue weighted by Crippen LogP contribution is -2.47. The maximum Gasteiger partial charge on any atom is 0.431 e. The Bertz CT molecular complexity index is 3120. The number of ether oxygens (including phenoxy) is 5. The molecule has 5 atom stereocenters. The predicted octanol–water partition coefficient (Wildman–Crippen LogP) is 9.09. The van der Waals surface area contributed by atoms with Crippen LogP contribution in [0.15, 0.2) is 101 Å². The van der Waals surface area contributed by atoms with Gasteiger partial charge in [0.05, 0.1) is 42.9 Å². The zero-order valence-corrected chi connectivity index (χ0v) is 50.2. The summed E-state index contributed by atoms with van der Waals surface area (Å²) in [6, 6.07) is 23.9. The maximum atomic E-state index is 13.1. The summed E-state index contributed by atoms with van der Waals surface area (Å²) in [7, 11) is 0.753. The summed E-state index contributed by atoms with van der Waals surface area (Å²) in [4.78, 5) is 81.7. The second kappa shape index (κ2) is 32.5. The number of carbonyl (C=O) groups is 4. The number of hydrogen-bond acceptors (Lipinski definition) is 13. The Labute approximate surface area is 489 Å². The fourth-order valence-corrected chi connectivity index (χ4v) is 9.10. The fraction of sp³-hybridized carbons (Fsp3) is 0.429. The van der Waals surface area contributed by atoms with Crippen LogP contribution in [0.1, 0.15) is 69.0 Å². The summed E-state index contributed by atoms with van der Waals surface area (Å²) in [6.07, 6.45) is -4.03. The molecule has 5 unspecified atom stereocenters. The summed E-state index contributed by atoms with van der Waals surface area (Å²) in [5.41, 5.74) is 7.22. The van der Waals surface area contributed by atoms with E-state index in [-0.39, 0.29) is 54.7 Å². The highest BCUT2D eigenvalue weighted by Crippen LogP contribution is 2.37. The maximum absolute atomic E-state index is 13.1. The predicted molar refractivity (Wildman–Crippen MR) is 310 cm³/mol. The minimum Gasteiger partial charge on any atom is -0.489 e. The molecule has 0 bridgehead atoms. The van der Waals surface area contributed by atoms with E-state index in [1.54, 1.807) is 23.8 Å². The zero-order valence-electron chi connectivity index (χ0n) is 47.1. The SMILES string of the molecule is CC1COc2ccccc2N1C(=O)C(Cl)Cl.CCc1ccc(COc2ccc(-n3c(=O)cc(C(F)(F)F)n(C)c3=O)cc2)c(OC(C)C(=O)OC)c1.CCc1cccc(C)c1N(C(=O)CCl)C(C)COC.CP(=O)(O)CCC(N)C(=O)O. The van der Waals surface area contributed by atoms with Crippen molar-refractivity contribution in [3.05, 3.63) is 140 Å². The highest BCUT2D eigenvalue weighted by molar-refractivity contribution is 7.57. The molecule has 19 nitrogen and oxygen atoms in total. The molecule has 0 spiro atoms. The molecule has 0 fully saturated rings. The summed E-state index contributed by atoms with van der Waals surface area (Å²) < 4.78 is 77.8. The number of amides is 2. The van der Waals surface area contributed by atoms with Gasteiger partial charge in [-0.05, 0) is 106 Å². The Morgan fingerprint density at radius 3 is 2.13 bits per heavy atom. The van der Waals surface area contributed by atoms with Crippen molar-refractivity contribution in [3.63, 3.8) is 0 Å². The van der Waals surface area contributed by atoms with Gasteiger partial charge in [-0.25, -0.2) is 14.2 Å². The number of benzene rings is 4. The van der Waals surface area contributed by atoms with Crippen molar-refractivity contribution in [3.8, 4) is 22.9 Å². The Morgan fingerprint density at radius 1 is 0.939 bits per heavy atom. The van der Waals surface area contributed by atoms with E-state index in [2.05, 4.69) is 13.0 Å². The van der Waals surface area contributed by atoms with E-state index in [1.807, 2.05) is 82.3 Å². The number of aromatic nitrogens is 2. The van der Waals surface area contributed by atoms with Gasteiger partial charge in [-0.2, -0.15) is 13.2 Å². The van der Waals surface area contributed by atoms with Gasteiger partial charge in [0.1, 0.15) is 48.1 Å². The number of anilines is 2. The first-order valence-electron chi connectivity index (χ1n) is 25.5. The number of nitrogens with two attached hydrogens (primary N) is 1. The van der Waals surface area contributed by atoms with Crippen LogP contribution in [0.3, 0.4) is 0 Å². The average Bonchev–Trinajstić information content (AvgIpc) is 3.60. The molecule has 26 heteroatoms. The highest BCUT2D eigenvalue weighted by atomic mass is 35.5. The van der Waals surface area contributed by atoms with E-state index in [4.69, 9.17) is 74.2 Å². The lowest BCUT2D eigenvalue weighted by Gasteiger charge is -2.35. The quantitative estimate of drug-likeness (QED) is 0.0396. The molecule has 1 aromatic heterocycles. The molecular formula is C56H70Cl3F3N5O14P. The third-order valence-electron chi connectivity index (χ3n) is 12.3. The number of aliphatic carboxylic acids is 1. The molecule has 6 rings (SSSR count). The number of alkyl halides is 6. The van der Waals surface area contributed by atoms with Crippen molar-refractivity contribution in [1.82, 2.24) is 9.13 Å². The number of hydrogen-bond donors (Lipinski definition) is 3.